The molecule has 106 valence electrons. The highest BCUT2D eigenvalue weighted by molar-refractivity contribution is 9.11. The maximum absolute atomic E-state index is 5.45. The third-order valence-electron chi connectivity index (χ3n) is 2.71. The number of para-hydroxylation sites is 1. The summed E-state index contributed by atoms with van der Waals surface area (Å²) in [4.78, 5) is 0. The average molecular weight is 529 g/mol. The summed E-state index contributed by atoms with van der Waals surface area (Å²) < 4.78 is 9.41. The largest absolute Gasteiger partial charge is 0.495 e. The number of rotatable bonds is 4. The molecule has 0 saturated heterocycles. The van der Waals surface area contributed by atoms with Crippen molar-refractivity contribution < 1.29 is 4.74 Å². The number of ether oxygens (including phenoxy) is 1. The van der Waals surface area contributed by atoms with Crippen molar-refractivity contribution >= 4 is 69.4 Å². The summed E-state index contributed by atoms with van der Waals surface area (Å²) in [5.41, 5.74) is 2.09. The molecule has 0 unspecified atom stereocenters. The van der Waals surface area contributed by atoms with E-state index in [-0.39, 0.29) is 0 Å². The van der Waals surface area contributed by atoms with E-state index < -0.39 is 0 Å². The first-order valence-electron chi connectivity index (χ1n) is 5.72. The van der Waals surface area contributed by atoms with E-state index in [2.05, 4.69) is 69.0 Å². The van der Waals surface area contributed by atoms with Gasteiger partial charge in [0, 0.05) is 25.5 Å². The number of hydrogen-bond donors (Lipinski definition) is 1. The van der Waals surface area contributed by atoms with E-state index in [9.17, 15) is 0 Å². The Morgan fingerprint density at radius 1 is 1.00 bits per heavy atom. The average Bonchev–Trinajstić information content (AvgIpc) is 2.37. The Balaban J connectivity index is 2.27. The standard InChI is InChI=1S/C14H11Br4NO/c1-20-14-8(5-9(15)6-12(14)18)7-19-13-10(16)3-2-4-11(13)17/h2-6,19H,7H2,1H3. The molecule has 0 saturated carbocycles. The minimum Gasteiger partial charge on any atom is -0.495 e. The fraction of sp³-hybridized carbons (Fsp3) is 0.143. The SMILES string of the molecule is COc1c(Br)cc(Br)cc1CNc1c(Br)cccc1Br. The summed E-state index contributed by atoms with van der Waals surface area (Å²) in [6.45, 7) is 0.655. The van der Waals surface area contributed by atoms with Gasteiger partial charge in [0.1, 0.15) is 5.75 Å². The van der Waals surface area contributed by atoms with Crippen LogP contribution < -0.4 is 10.1 Å². The maximum atomic E-state index is 5.45. The summed E-state index contributed by atoms with van der Waals surface area (Å²) in [6.07, 6.45) is 0. The molecule has 0 radical (unpaired) electrons. The van der Waals surface area contributed by atoms with Gasteiger partial charge < -0.3 is 10.1 Å². The third kappa shape index (κ3) is 3.78. The van der Waals surface area contributed by atoms with Crippen LogP contribution in [0.3, 0.4) is 0 Å². The highest BCUT2D eigenvalue weighted by Crippen LogP contribution is 2.35. The fourth-order valence-electron chi connectivity index (χ4n) is 1.82. The molecule has 0 aromatic heterocycles. The van der Waals surface area contributed by atoms with Crippen LogP contribution in [0.15, 0.2) is 48.2 Å². The van der Waals surface area contributed by atoms with Gasteiger partial charge in [-0.3, -0.25) is 0 Å². The second kappa shape index (κ2) is 7.29. The molecule has 0 aliphatic heterocycles. The molecule has 2 aromatic rings. The summed E-state index contributed by atoms with van der Waals surface area (Å²) in [5.74, 6) is 0.837. The second-order valence-corrected chi connectivity index (χ2v) is 7.51. The summed E-state index contributed by atoms with van der Waals surface area (Å²) >= 11 is 14.1. The quantitative estimate of drug-likeness (QED) is 0.499. The molecular weight excluding hydrogens is 518 g/mol. The zero-order valence-corrected chi connectivity index (χ0v) is 16.9. The molecule has 20 heavy (non-hydrogen) atoms. The molecule has 1 N–H and O–H groups in total. The first-order chi connectivity index (χ1) is 9.52. The Hall–Kier alpha value is -0.0400. The van der Waals surface area contributed by atoms with Gasteiger partial charge in [-0.1, -0.05) is 22.0 Å². The van der Waals surface area contributed by atoms with Crippen LogP contribution in [0.2, 0.25) is 0 Å². The Kier molecular flexibility index (Phi) is 5.95. The van der Waals surface area contributed by atoms with Crippen LogP contribution in [0.1, 0.15) is 5.56 Å². The number of halogens is 4. The minimum absolute atomic E-state index is 0.655. The molecule has 2 nitrogen and oxygen atoms in total. The van der Waals surface area contributed by atoms with E-state index in [0.717, 1.165) is 34.9 Å². The smallest absolute Gasteiger partial charge is 0.138 e. The number of nitrogens with one attached hydrogen (secondary N) is 1. The molecule has 0 fully saturated rings. The van der Waals surface area contributed by atoms with Crippen molar-refractivity contribution in [1.82, 2.24) is 0 Å². The normalized spacial score (nSPS) is 10.4. The van der Waals surface area contributed by atoms with Gasteiger partial charge in [0.25, 0.3) is 0 Å². The van der Waals surface area contributed by atoms with Crippen molar-refractivity contribution in [1.29, 1.82) is 0 Å². The summed E-state index contributed by atoms with van der Waals surface area (Å²) in [7, 11) is 1.67. The first-order valence-corrected chi connectivity index (χ1v) is 8.90. The van der Waals surface area contributed by atoms with Crippen LogP contribution in [0, 0.1) is 0 Å². The summed E-state index contributed by atoms with van der Waals surface area (Å²) in [6, 6.07) is 10.00. The monoisotopic (exact) mass is 525 g/mol. The molecule has 0 amide bonds. The van der Waals surface area contributed by atoms with Crippen molar-refractivity contribution in [2.45, 2.75) is 6.54 Å². The minimum atomic E-state index is 0.655. The van der Waals surface area contributed by atoms with Gasteiger partial charge in [0.05, 0.1) is 17.3 Å². The number of benzene rings is 2. The highest BCUT2D eigenvalue weighted by atomic mass is 79.9. The van der Waals surface area contributed by atoms with Crippen molar-refractivity contribution in [3.8, 4) is 5.75 Å². The lowest BCUT2D eigenvalue weighted by molar-refractivity contribution is 0.407. The number of anilines is 1. The molecule has 0 heterocycles. The first kappa shape index (κ1) is 16.3. The van der Waals surface area contributed by atoms with E-state index in [1.165, 1.54) is 0 Å². The molecule has 2 aromatic carbocycles. The molecule has 2 rings (SSSR count). The summed E-state index contributed by atoms with van der Waals surface area (Å²) in [5, 5.41) is 3.41. The van der Waals surface area contributed by atoms with Crippen LogP contribution in [0.4, 0.5) is 5.69 Å². The molecule has 0 spiro atoms. The van der Waals surface area contributed by atoms with Crippen molar-refractivity contribution in [2.75, 3.05) is 12.4 Å². The van der Waals surface area contributed by atoms with E-state index in [1.54, 1.807) is 7.11 Å². The number of methoxy groups -OCH3 is 1. The molecule has 0 aliphatic carbocycles. The van der Waals surface area contributed by atoms with Gasteiger partial charge in [-0.05, 0) is 72.1 Å². The van der Waals surface area contributed by atoms with E-state index in [1.807, 2.05) is 30.3 Å². The molecular formula is C14H11Br4NO. The Morgan fingerprint density at radius 2 is 1.65 bits per heavy atom. The Labute approximate surface area is 151 Å². The lowest BCUT2D eigenvalue weighted by Crippen LogP contribution is -2.03. The van der Waals surface area contributed by atoms with Crippen LogP contribution in [-0.4, -0.2) is 7.11 Å². The Morgan fingerprint density at radius 3 is 2.25 bits per heavy atom. The van der Waals surface area contributed by atoms with Gasteiger partial charge in [0.2, 0.25) is 0 Å². The third-order valence-corrected chi connectivity index (χ3v) is 5.08. The van der Waals surface area contributed by atoms with Crippen LogP contribution in [0.25, 0.3) is 0 Å². The van der Waals surface area contributed by atoms with Gasteiger partial charge in [-0.2, -0.15) is 0 Å². The molecule has 0 atom stereocenters. The van der Waals surface area contributed by atoms with E-state index in [0.29, 0.717) is 6.54 Å². The predicted molar refractivity (Wildman–Crippen MR) is 97.6 cm³/mol. The second-order valence-electron chi connectivity index (χ2n) is 4.03. The van der Waals surface area contributed by atoms with Crippen LogP contribution >= 0.6 is 63.7 Å². The predicted octanol–water partition coefficient (Wildman–Crippen LogP) is 6.36. The van der Waals surface area contributed by atoms with Crippen LogP contribution in [0.5, 0.6) is 5.75 Å². The van der Waals surface area contributed by atoms with Crippen molar-refractivity contribution in [2.24, 2.45) is 0 Å². The zero-order valence-electron chi connectivity index (χ0n) is 10.5. The van der Waals surface area contributed by atoms with Gasteiger partial charge in [0.15, 0.2) is 0 Å². The topological polar surface area (TPSA) is 21.3 Å². The van der Waals surface area contributed by atoms with E-state index >= 15 is 0 Å². The molecule has 0 bridgehead atoms. The lowest BCUT2D eigenvalue weighted by Gasteiger charge is -2.14. The lowest BCUT2D eigenvalue weighted by atomic mass is 10.2. The number of hydrogen-bond acceptors (Lipinski definition) is 2. The fourth-order valence-corrected chi connectivity index (χ4v) is 4.58. The van der Waals surface area contributed by atoms with Crippen molar-refractivity contribution in [3.63, 3.8) is 0 Å². The Bertz CT molecular complexity index is 611. The van der Waals surface area contributed by atoms with Gasteiger partial charge in [-0.25, -0.2) is 0 Å². The van der Waals surface area contributed by atoms with Gasteiger partial charge >= 0.3 is 0 Å². The van der Waals surface area contributed by atoms with E-state index in [4.69, 9.17) is 4.74 Å². The maximum Gasteiger partial charge on any atom is 0.138 e. The van der Waals surface area contributed by atoms with Crippen molar-refractivity contribution in [3.05, 3.63) is 53.8 Å². The highest BCUT2D eigenvalue weighted by Gasteiger charge is 2.11. The zero-order chi connectivity index (χ0) is 14.7. The van der Waals surface area contributed by atoms with Gasteiger partial charge in [-0.15, -0.1) is 0 Å². The molecule has 6 heteroatoms. The van der Waals surface area contributed by atoms with Crippen LogP contribution in [-0.2, 0) is 6.54 Å². The molecule has 0 aliphatic rings.